The minimum absolute atomic E-state index is 0.198. The maximum atomic E-state index is 14.5. The van der Waals surface area contributed by atoms with E-state index >= 15 is 0 Å². The smallest absolute Gasteiger partial charge is 0.410 e. The van der Waals surface area contributed by atoms with Gasteiger partial charge in [0.15, 0.2) is 0 Å². The zero-order valence-corrected chi connectivity index (χ0v) is 22.2. The van der Waals surface area contributed by atoms with Crippen molar-refractivity contribution in [2.75, 3.05) is 31.6 Å². The van der Waals surface area contributed by atoms with E-state index in [4.69, 9.17) is 24.7 Å². The molecule has 0 aliphatic carbocycles. The fourth-order valence-corrected chi connectivity index (χ4v) is 4.53. The number of hydrogen-bond donors (Lipinski definition) is 2. The van der Waals surface area contributed by atoms with Crippen molar-refractivity contribution >= 4 is 17.8 Å². The van der Waals surface area contributed by atoms with E-state index < -0.39 is 24.3 Å². The number of hydrogen-bond acceptors (Lipinski definition) is 6. The van der Waals surface area contributed by atoms with Crippen LogP contribution < -0.4 is 15.8 Å². The van der Waals surface area contributed by atoms with Crippen LogP contribution in [0.1, 0.15) is 62.3 Å². The number of primary amides is 1. The average molecular weight is 548 g/mol. The monoisotopic (exact) mass is 547 g/mol. The number of benzene rings is 2. The van der Waals surface area contributed by atoms with Gasteiger partial charge in [-0.25, -0.2) is 9.59 Å². The predicted molar refractivity (Wildman–Crippen MR) is 140 cm³/mol. The van der Waals surface area contributed by atoms with Crippen LogP contribution in [0.15, 0.2) is 42.5 Å². The molecular weight excluding hydrogens is 512 g/mol. The van der Waals surface area contributed by atoms with Crippen molar-refractivity contribution in [1.29, 1.82) is 0 Å². The first-order chi connectivity index (χ1) is 18.5. The highest BCUT2D eigenvalue weighted by Gasteiger charge is 2.34. The highest BCUT2D eigenvalue weighted by atomic mass is 19.3. The highest BCUT2D eigenvalue weighted by Crippen LogP contribution is 2.35. The van der Waals surface area contributed by atoms with Crippen molar-refractivity contribution in [3.05, 3.63) is 59.2 Å². The molecule has 2 aromatic rings. The zero-order valence-electron chi connectivity index (χ0n) is 22.2. The summed E-state index contributed by atoms with van der Waals surface area (Å²) in [5.41, 5.74) is 6.81. The van der Waals surface area contributed by atoms with E-state index in [1.807, 2.05) is 32.0 Å². The van der Waals surface area contributed by atoms with Crippen LogP contribution in [0.2, 0.25) is 0 Å². The Hall–Kier alpha value is -3.44. The molecule has 0 bridgehead atoms. The molecule has 39 heavy (non-hydrogen) atoms. The quantitative estimate of drug-likeness (QED) is 0.331. The maximum absolute atomic E-state index is 14.5. The van der Waals surface area contributed by atoms with Gasteiger partial charge in [-0.3, -0.25) is 0 Å². The number of anilines is 1. The molecule has 3 amide bonds. The lowest BCUT2D eigenvalue weighted by Crippen LogP contribution is -2.35. The largest absolute Gasteiger partial charge is 0.463 e. The number of unbranched alkanes of at least 4 members (excludes halogenated alkanes) is 3. The molecule has 212 valence electrons. The van der Waals surface area contributed by atoms with Gasteiger partial charge in [-0.2, -0.15) is 8.78 Å². The predicted octanol–water partition coefficient (Wildman–Crippen LogP) is 5.68. The number of nitrogens with one attached hydrogen (secondary N) is 1. The Morgan fingerprint density at radius 1 is 1.18 bits per heavy atom. The normalized spacial score (nSPS) is 18.3. The fraction of sp³-hybridized carbons (Fsp3) is 0.500. The molecule has 9 nitrogen and oxygen atoms in total. The first-order valence-corrected chi connectivity index (χ1v) is 13.1. The summed E-state index contributed by atoms with van der Waals surface area (Å²) >= 11 is 0. The number of urea groups is 1. The van der Waals surface area contributed by atoms with Crippen LogP contribution in [0.4, 0.5) is 24.1 Å². The Kier molecular flexibility index (Phi) is 8.91. The van der Waals surface area contributed by atoms with Gasteiger partial charge in [0, 0.05) is 43.8 Å². The van der Waals surface area contributed by atoms with Crippen molar-refractivity contribution in [2.24, 2.45) is 5.73 Å². The number of cyclic esters (lactones) is 1. The van der Waals surface area contributed by atoms with Gasteiger partial charge < -0.3 is 34.9 Å². The van der Waals surface area contributed by atoms with E-state index in [0.717, 1.165) is 36.1 Å². The van der Waals surface area contributed by atoms with Gasteiger partial charge in [0.1, 0.15) is 18.5 Å². The molecule has 1 atom stereocenters. The van der Waals surface area contributed by atoms with Crippen LogP contribution >= 0.6 is 0 Å². The van der Waals surface area contributed by atoms with E-state index in [0.29, 0.717) is 26.1 Å². The molecule has 0 saturated carbocycles. The molecule has 11 heteroatoms. The summed E-state index contributed by atoms with van der Waals surface area (Å²) in [5.74, 6) is -3.09. The summed E-state index contributed by atoms with van der Waals surface area (Å²) in [5, 5.41) is 2.28. The number of nitrogens with zero attached hydrogens (tertiary/aromatic N) is 1. The van der Waals surface area contributed by atoms with Crippen LogP contribution in [0.3, 0.4) is 0 Å². The lowest BCUT2D eigenvalue weighted by Gasteiger charge is -2.32. The van der Waals surface area contributed by atoms with Gasteiger partial charge >= 0.3 is 12.1 Å². The van der Waals surface area contributed by atoms with Gasteiger partial charge in [-0.05, 0) is 42.7 Å². The number of alkyl halides is 2. The summed E-state index contributed by atoms with van der Waals surface area (Å²) in [7, 11) is 0. The molecule has 2 heterocycles. The van der Waals surface area contributed by atoms with Crippen molar-refractivity contribution < 1.29 is 37.3 Å². The molecule has 4 rings (SSSR count). The summed E-state index contributed by atoms with van der Waals surface area (Å²) in [6.07, 6.45) is 2.34. The van der Waals surface area contributed by atoms with Crippen LogP contribution in [-0.4, -0.2) is 49.1 Å². The standard InChI is InChI=1S/C28H35F2N3O6/c1-27(2)37-17-20-14-19(10-11-23(20)39-27)24-16-33(26(35)38-24)12-5-3-4-6-13-36-18-28(29,30)21-8-7-9-22(15-21)32-25(31)34/h7-11,14-15,24H,3-6,12-13,16-18H2,1-2H3,(H3,31,32,34). The Bertz CT molecular complexity index is 1180. The van der Waals surface area contributed by atoms with E-state index in [1.165, 1.54) is 24.3 Å². The molecule has 0 spiro atoms. The van der Waals surface area contributed by atoms with Crippen LogP contribution in [0.5, 0.6) is 5.75 Å². The van der Waals surface area contributed by atoms with Gasteiger partial charge in [0.05, 0.1) is 13.2 Å². The van der Waals surface area contributed by atoms with Crippen LogP contribution in [0, 0.1) is 0 Å². The van der Waals surface area contributed by atoms with Crippen molar-refractivity contribution in [3.8, 4) is 5.75 Å². The third-order valence-electron chi connectivity index (χ3n) is 6.58. The molecule has 3 N–H and O–H groups in total. The molecule has 1 saturated heterocycles. The SMILES string of the molecule is CC1(C)OCc2cc(C3CN(CCCCCCOCC(F)(F)c4cccc(NC(N)=O)c4)C(=O)O3)ccc2O1. The van der Waals surface area contributed by atoms with Gasteiger partial charge in [0.25, 0.3) is 5.92 Å². The Morgan fingerprint density at radius 3 is 2.77 bits per heavy atom. The zero-order chi connectivity index (χ0) is 28.0. The Labute approximate surface area is 226 Å². The number of halogens is 2. The van der Waals surface area contributed by atoms with Crippen LogP contribution in [-0.2, 0) is 26.7 Å². The first kappa shape index (κ1) is 28.6. The summed E-state index contributed by atoms with van der Waals surface area (Å²) < 4.78 is 51.2. The van der Waals surface area contributed by atoms with Crippen LogP contribution in [0.25, 0.3) is 0 Å². The Balaban J connectivity index is 1.12. The van der Waals surface area contributed by atoms with Gasteiger partial charge in [-0.15, -0.1) is 0 Å². The second-order valence-corrected chi connectivity index (χ2v) is 10.2. The number of carbonyl (C=O) groups is 2. The summed E-state index contributed by atoms with van der Waals surface area (Å²) in [6, 6.07) is 10.3. The fourth-order valence-electron chi connectivity index (χ4n) is 4.53. The van der Waals surface area contributed by atoms with E-state index in [2.05, 4.69) is 5.32 Å². The number of nitrogens with two attached hydrogens (primary N) is 1. The number of ether oxygens (including phenoxy) is 4. The lowest BCUT2D eigenvalue weighted by atomic mass is 10.0. The molecular formula is C28H35F2N3O6. The lowest BCUT2D eigenvalue weighted by molar-refractivity contribution is -0.180. The molecule has 2 aliphatic heterocycles. The van der Waals surface area contributed by atoms with E-state index in [1.54, 1.807) is 4.90 Å². The summed E-state index contributed by atoms with van der Waals surface area (Å²) in [4.78, 5) is 25.0. The number of carbonyl (C=O) groups excluding carboxylic acids is 2. The second-order valence-electron chi connectivity index (χ2n) is 10.2. The molecule has 0 aromatic heterocycles. The Morgan fingerprint density at radius 2 is 1.97 bits per heavy atom. The number of fused-ring (bicyclic) bond motifs is 1. The third-order valence-corrected chi connectivity index (χ3v) is 6.58. The molecule has 2 aromatic carbocycles. The van der Waals surface area contributed by atoms with Crippen molar-refractivity contribution in [1.82, 2.24) is 4.90 Å². The van der Waals surface area contributed by atoms with Crippen molar-refractivity contribution in [3.63, 3.8) is 0 Å². The first-order valence-electron chi connectivity index (χ1n) is 13.1. The highest BCUT2D eigenvalue weighted by molar-refractivity contribution is 5.87. The molecule has 1 unspecified atom stereocenters. The number of amides is 3. The van der Waals surface area contributed by atoms with Gasteiger partial charge in [0.2, 0.25) is 5.79 Å². The minimum Gasteiger partial charge on any atom is -0.463 e. The minimum atomic E-state index is -3.20. The third kappa shape index (κ3) is 7.79. The van der Waals surface area contributed by atoms with E-state index in [9.17, 15) is 18.4 Å². The second kappa shape index (κ2) is 12.2. The number of rotatable bonds is 12. The average Bonchev–Trinajstić information content (AvgIpc) is 3.25. The summed E-state index contributed by atoms with van der Waals surface area (Å²) in [6.45, 7) is 4.64. The van der Waals surface area contributed by atoms with E-state index in [-0.39, 0.29) is 30.1 Å². The molecule has 1 fully saturated rings. The van der Waals surface area contributed by atoms with Crippen molar-refractivity contribution in [2.45, 2.75) is 64.0 Å². The topological polar surface area (TPSA) is 112 Å². The molecule has 0 radical (unpaired) electrons. The maximum Gasteiger partial charge on any atom is 0.410 e. The van der Waals surface area contributed by atoms with Gasteiger partial charge in [-0.1, -0.05) is 31.0 Å². The molecule has 2 aliphatic rings.